The molecule has 0 bridgehead atoms. The standard InChI is InChI=1S/C15H15ClFN3/c1-9-13(16)18-14(10-6-7-10)19-15(9)20(2)12-5-3-4-11(17)8-12/h3-5,8,10H,6-7H2,1-2H3. The van der Waals surface area contributed by atoms with E-state index in [4.69, 9.17) is 11.6 Å². The number of benzene rings is 1. The molecule has 0 atom stereocenters. The van der Waals surface area contributed by atoms with Gasteiger partial charge in [-0.25, -0.2) is 14.4 Å². The Morgan fingerprint density at radius 1 is 1.30 bits per heavy atom. The predicted molar refractivity (Wildman–Crippen MR) is 78.2 cm³/mol. The number of nitrogens with zero attached hydrogens (tertiary/aromatic N) is 3. The van der Waals surface area contributed by atoms with E-state index in [1.54, 1.807) is 6.07 Å². The molecule has 1 heterocycles. The summed E-state index contributed by atoms with van der Waals surface area (Å²) in [4.78, 5) is 10.8. The van der Waals surface area contributed by atoms with Crippen molar-refractivity contribution in [2.75, 3.05) is 11.9 Å². The maximum absolute atomic E-state index is 13.4. The first-order valence-corrected chi connectivity index (χ1v) is 6.97. The Hall–Kier alpha value is -1.68. The number of aromatic nitrogens is 2. The molecule has 104 valence electrons. The van der Waals surface area contributed by atoms with Crippen molar-refractivity contribution in [1.82, 2.24) is 9.97 Å². The Balaban J connectivity index is 2.04. The summed E-state index contributed by atoms with van der Waals surface area (Å²) in [6.07, 6.45) is 2.23. The number of rotatable bonds is 3. The van der Waals surface area contributed by atoms with Crippen molar-refractivity contribution < 1.29 is 4.39 Å². The molecule has 3 rings (SSSR count). The van der Waals surface area contributed by atoms with Gasteiger partial charge in [-0.3, -0.25) is 0 Å². The zero-order valence-corrected chi connectivity index (χ0v) is 12.2. The van der Waals surface area contributed by atoms with E-state index in [0.29, 0.717) is 11.1 Å². The SMILES string of the molecule is Cc1c(Cl)nc(C2CC2)nc1N(C)c1cccc(F)c1. The van der Waals surface area contributed by atoms with Crippen LogP contribution in [0.2, 0.25) is 5.15 Å². The van der Waals surface area contributed by atoms with Crippen molar-refractivity contribution >= 4 is 23.1 Å². The van der Waals surface area contributed by atoms with Crippen molar-refractivity contribution in [2.24, 2.45) is 0 Å². The molecule has 0 unspecified atom stereocenters. The smallest absolute Gasteiger partial charge is 0.140 e. The summed E-state index contributed by atoms with van der Waals surface area (Å²) in [5, 5.41) is 0.472. The number of halogens is 2. The number of hydrogen-bond donors (Lipinski definition) is 0. The van der Waals surface area contributed by atoms with Crippen LogP contribution < -0.4 is 4.90 Å². The Labute approximate surface area is 122 Å². The third-order valence-corrected chi connectivity index (χ3v) is 3.90. The van der Waals surface area contributed by atoms with Crippen LogP contribution in [0.25, 0.3) is 0 Å². The summed E-state index contributed by atoms with van der Waals surface area (Å²) in [7, 11) is 1.86. The van der Waals surface area contributed by atoms with Crippen LogP contribution in [0.5, 0.6) is 0 Å². The van der Waals surface area contributed by atoms with Gasteiger partial charge in [0.05, 0.1) is 0 Å². The van der Waals surface area contributed by atoms with Gasteiger partial charge in [-0.15, -0.1) is 0 Å². The monoisotopic (exact) mass is 291 g/mol. The molecule has 0 spiro atoms. The van der Waals surface area contributed by atoms with Crippen molar-refractivity contribution in [1.29, 1.82) is 0 Å². The maximum atomic E-state index is 13.4. The van der Waals surface area contributed by atoms with E-state index in [1.165, 1.54) is 12.1 Å². The molecule has 1 aliphatic carbocycles. The summed E-state index contributed by atoms with van der Waals surface area (Å²) in [6, 6.07) is 6.43. The molecule has 1 fully saturated rings. The van der Waals surface area contributed by atoms with Gasteiger partial charge in [-0.1, -0.05) is 17.7 Å². The average molecular weight is 292 g/mol. The quantitative estimate of drug-likeness (QED) is 0.793. The number of anilines is 2. The Kier molecular flexibility index (Phi) is 3.34. The molecule has 0 saturated heterocycles. The van der Waals surface area contributed by atoms with Crippen LogP contribution in [0.1, 0.15) is 30.1 Å². The second-order valence-corrected chi connectivity index (χ2v) is 5.49. The third-order valence-electron chi connectivity index (χ3n) is 3.53. The Morgan fingerprint density at radius 2 is 2.05 bits per heavy atom. The van der Waals surface area contributed by atoms with E-state index in [-0.39, 0.29) is 5.82 Å². The zero-order valence-electron chi connectivity index (χ0n) is 11.4. The highest BCUT2D eigenvalue weighted by molar-refractivity contribution is 6.30. The molecule has 1 saturated carbocycles. The van der Waals surface area contributed by atoms with Crippen LogP contribution in [0.3, 0.4) is 0 Å². The maximum Gasteiger partial charge on any atom is 0.140 e. The molecule has 5 heteroatoms. The minimum Gasteiger partial charge on any atom is -0.329 e. The summed E-state index contributed by atoms with van der Waals surface area (Å²) in [6.45, 7) is 1.88. The molecule has 2 aromatic rings. The van der Waals surface area contributed by atoms with Gasteiger partial charge < -0.3 is 4.90 Å². The Bertz CT molecular complexity index is 656. The highest BCUT2D eigenvalue weighted by Gasteiger charge is 2.28. The van der Waals surface area contributed by atoms with Crippen LogP contribution in [0.15, 0.2) is 24.3 Å². The van der Waals surface area contributed by atoms with E-state index < -0.39 is 0 Å². The van der Waals surface area contributed by atoms with Gasteiger partial charge in [0.2, 0.25) is 0 Å². The topological polar surface area (TPSA) is 29.0 Å². The molecule has 0 amide bonds. The van der Waals surface area contributed by atoms with Gasteiger partial charge in [0.25, 0.3) is 0 Å². The molecule has 0 radical (unpaired) electrons. The molecule has 20 heavy (non-hydrogen) atoms. The molecular formula is C15H15ClFN3. The molecule has 0 aliphatic heterocycles. The van der Waals surface area contributed by atoms with Crippen molar-refractivity contribution in [3.05, 3.63) is 46.6 Å². The minimum atomic E-state index is -0.269. The van der Waals surface area contributed by atoms with E-state index in [1.807, 2.05) is 24.9 Å². The first-order chi connectivity index (χ1) is 9.56. The van der Waals surface area contributed by atoms with Gasteiger partial charge in [0.1, 0.15) is 22.6 Å². The minimum absolute atomic E-state index is 0.269. The summed E-state index contributed by atoms with van der Waals surface area (Å²) in [5.41, 5.74) is 1.55. The molecule has 0 N–H and O–H groups in total. The fourth-order valence-electron chi connectivity index (χ4n) is 2.15. The highest BCUT2D eigenvalue weighted by atomic mass is 35.5. The van der Waals surface area contributed by atoms with Crippen LogP contribution in [-0.2, 0) is 0 Å². The second kappa shape index (κ2) is 5.02. The zero-order chi connectivity index (χ0) is 14.3. The Morgan fingerprint density at radius 3 is 2.70 bits per heavy atom. The summed E-state index contributed by atoms with van der Waals surface area (Å²) >= 11 is 6.20. The fourth-order valence-corrected chi connectivity index (χ4v) is 2.32. The van der Waals surface area contributed by atoms with Crippen molar-refractivity contribution in [3.8, 4) is 0 Å². The van der Waals surface area contributed by atoms with E-state index in [2.05, 4.69) is 9.97 Å². The van der Waals surface area contributed by atoms with Crippen molar-refractivity contribution in [3.63, 3.8) is 0 Å². The lowest BCUT2D eigenvalue weighted by atomic mass is 10.2. The van der Waals surface area contributed by atoms with Crippen LogP contribution in [0.4, 0.5) is 15.9 Å². The molecule has 3 nitrogen and oxygen atoms in total. The second-order valence-electron chi connectivity index (χ2n) is 5.13. The van der Waals surface area contributed by atoms with E-state index >= 15 is 0 Å². The third kappa shape index (κ3) is 2.48. The van der Waals surface area contributed by atoms with Gasteiger partial charge in [0.15, 0.2) is 0 Å². The summed E-state index contributed by atoms with van der Waals surface area (Å²) in [5.74, 6) is 1.68. The van der Waals surface area contributed by atoms with Gasteiger partial charge in [-0.05, 0) is 38.0 Å². The van der Waals surface area contributed by atoms with E-state index in [9.17, 15) is 4.39 Å². The number of hydrogen-bond acceptors (Lipinski definition) is 3. The fraction of sp³-hybridized carbons (Fsp3) is 0.333. The van der Waals surface area contributed by atoms with E-state index in [0.717, 1.165) is 35.7 Å². The van der Waals surface area contributed by atoms with Crippen LogP contribution in [0, 0.1) is 12.7 Å². The average Bonchev–Trinajstić information content (AvgIpc) is 3.25. The predicted octanol–water partition coefficient (Wildman–Crippen LogP) is 4.22. The molecule has 1 aliphatic rings. The van der Waals surface area contributed by atoms with Gasteiger partial charge in [-0.2, -0.15) is 0 Å². The first-order valence-electron chi connectivity index (χ1n) is 6.59. The molecule has 1 aromatic carbocycles. The van der Waals surface area contributed by atoms with Crippen LogP contribution in [-0.4, -0.2) is 17.0 Å². The van der Waals surface area contributed by atoms with Crippen molar-refractivity contribution in [2.45, 2.75) is 25.7 Å². The highest BCUT2D eigenvalue weighted by Crippen LogP contribution is 2.40. The largest absolute Gasteiger partial charge is 0.329 e. The first kappa shape index (κ1) is 13.3. The lowest BCUT2D eigenvalue weighted by molar-refractivity contribution is 0.628. The van der Waals surface area contributed by atoms with Crippen LogP contribution >= 0.6 is 11.6 Å². The lowest BCUT2D eigenvalue weighted by Crippen LogP contribution is -2.15. The lowest BCUT2D eigenvalue weighted by Gasteiger charge is -2.21. The summed E-state index contributed by atoms with van der Waals surface area (Å²) < 4.78 is 13.4. The van der Waals surface area contributed by atoms with Gasteiger partial charge in [0, 0.05) is 24.2 Å². The normalized spacial score (nSPS) is 14.4. The molecule has 1 aromatic heterocycles. The molecular weight excluding hydrogens is 277 g/mol. The van der Waals surface area contributed by atoms with Gasteiger partial charge >= 0.3 is 0 Å².